The fourth-order valence-electron chi connectivity index (χ4n) is 2.63. The fraction of sp³-hybridized carbons (Fsp3) is 0.118. The lowest BCUT2D eigenvalue weighted by atomic mass is 10.2. The van der Waals surface area contributed by atoms with E-state index in [1.54, 1.807) is 31.2 Å². The van der Waals surface area contributed by atoms with Crippen molar-refractivity contribution in [1.29, 1.82) is 0 Å². The highest BCUT2D eigenvalue weighted by Crippen LogP contribution is 2.33. The number of nitrogens with zero attached hydrogens (tertiary/aromatic N) is 1. The van der Waals surface area contributed by atoms with E-state index in [0.717, 1.165) is 11.0 Å². The topological polar surface area (TPSA) is 104 Å². The molecule has 0 unspecified atom stereocenters. The van der Waals surface area contributed by atoms with E-state index in [9.17, 15) is 9.59 Å². The average Bonchev–Trinajstić information content (AvgIpc) is 3.16. The lowest BCUT2D eigenvalue weighted by Gasteiger charge is -2.05. The zero-order valence-corrected chi connectivity index (χ0v) is 15.1. The minimum atomic E-state index is -0.449. The first-order valence-electron chi connectivity index (χ1n) is 7.80. The van der Waals surface area contributed by atoms with Crippen molar-refractivity contribution in [3.05, 3.63) is 51.4 Å². The largest absolute Gasteiger partial charge is 0.462 e. The third kappa shape index (κ3) is 3.09. The van der Waals surface area contributed by atoms with Gasteiger partial charge in [0.05, 0.1) is 34.2 Å². The summed E-state index contributed by atoms with van der Waals surface area (Å²) < 4.78 is 5.06. The highest BCUT2D eigenvalue weighted by atomic mass is 35.5. The minimum absolute atomic E-state index is 0.271. The molecule has 3 N–H and O–H groups in total. The number of ether oxygens (including phenoxy) is 1. The Balaban J connectivity index is 1.80. The van der Waals surface area contributed by atoms with Gasteiger partial charge in [-0.05, 0) is 49.0 Å². The number of carbonyl (C=O) groups excluding carboxylic acids is 1. The quantitative estimate of drug-likeness (QED) is 0.462. The van der Waals surface area contributed by atoms with Gasteiger partial charge in [-0.1, -0.05) is 11.6 Å². The van der Waals surface area contributed by atoms with Crippen molar-refractivity contribution in [3.63, 3.8) is 0 Å². The molecule has 2 aromatic carbocycles. The van der Waals surface area contributed by atoms with Gasteiger partial charge in [0.2, 0.25) is 0 Å². The molecule has 0 spiro atoms. The van der Waals surface area contributed by atoms with Gasteiger partial charge in [0.25, 0.3) is 0 Å². The number of nitrogens with one attached hydrogen (secondary N) is 3. The number of carbonyl (C=O) groups is 1. The molecule has 0 saturated carbocycles. The van der Waals surface area contributed by atoms with Gasteiger partial charge in [-0.3, -0.25) is 0 Å². The Morgan fingerprint density at radius 1 is 1.19 bits per heavy atom. The monoisotopic (exact) mass is 388 g/mol. The summed E-state index contributed by atoms with van der Waals surface area (Å²) in [5, 5.41) is 1.23. The SMILES string of the molecule is CCOC(=O)c1cc(Sc2nc3ccc(Cl)cc3[nH]2)c2[nH]c(=O)[nH]c2c1. The van der Waals surface area contributed by atoms with Crippen molar-refractivity contribution in [2.45, 2.75) is 17.0 Å². The van der Waals surface area contributed by atoms with Crippen molar-refractivity contribution in [1.82, 2.24) is 19.9 Å². The van der Waals surface area contributed by atoms with Crippen molar-refractivity contribution in [2.24, 2.45) is 0 Å². The summed E-state index contributed by atoms with van der Waals surface area (Å²) >= 11 is 7.31. The number of aromatic nitrogens is 4. The Morgan fingerprint density at radius 3 is 2.85 bits per heavy atom. The van der Waals surface area contributed by atoms with Crippen LogP contribution in [0.4, 0.5) is 0 Å². The molecule has 4 rings (SSSR count). The number of halogens is 1. The van der Waals surface area contributed by atoms with Crippen LogP contribution >= 0.6 is 23.4 Å². The summed E-state index contributed by atoms with van der Waals surface area (Å²) in [7, 11) is 0. The Kier molecular flexibility index (Phi) is 4.21. The first kappa shape index (κ1) is 16.7. The van der Waals surface area contributed by atoms with Gasteiger partial charge < -0.3 is 19.7 Å². The molecule has 0 saturated heterocycles. The van der Waals surface area contributed by atoms with Crippen molar-refractivity contribution in [2.75, 3.05) is 6.61 Å². The Labute approximate surface area is 156 Å². The van der Waals surface area contributed by atoms with E-state index in [0.29, 0.717) is 31.7 Å². The maximum absolute atomic E-state index is 12.1. The molecule has 0 aliphatic heterocycles. The molecular weight excluding hydrogens is 376 g/mol. The number of H-pyrrole nitrogens is 3. The lowest BCUT2D eigenvalue weighted by molar-refractivity contribution is 0.0526. The van der Waals surface area contributed by atoms with Gasteiger partial charge in [0.1, 0.15) is 0 Å². The molecule has 0 radical (unpaired) electrons. The molecule has 7 nitrogen and oxygen atoms in total. The van der Waals surface area contributed by atoms with Crippen molar-refractivity contribution in [3.8, 4) is 0 Å². The predicted molar refractivity (Wildman–Crippen MR) is 100 cm³/mol. The molecule has 0 bridgehead atoms. The van der Waals surface area contributed by atoms with E-state index in [4.69, 9.17) is 16.3 Å². The third-order valence-corrected chi connectivity index (χ3v) is 4.89. The van der Waals surface area contributed by atoms with Crippen LogP contribution in [0.1, 0.15) is 17.3 Å². The highest BCUT2D eigenvalue weighted by Gasteiger charge is 2.15. The van der Waals surface area contributed by atoms with Crippen LogP contribution in [0.15, 0.2) is 45.2 Å². The van der Waals surface area contributed by atoms with Gasteiger partial charge in [-0.25, -0.2) is 14.6 Å². The Bertz CT molecular complexity index is 1190. The van der Waals surface area contributed by atoms with E-state index in [1.807, 2.05) is 6.07 Å². The molecule has 4 aromatic rings. The van der Waals surface area contributed by atoms with Crippen LogP contribution in [0.25, 0.3) is 22.1 Å². The van der Waals surface area contributed by atoms with Crippen LogP contribution < -0.4 is 5.69 Å². The zero-order chi connectivity index (χ0) is 18.3. The van der Waals surface area contributed by atoms with Gasteiger partial charge in [-0.15, -0.1) is 0 Å². The van der Waals surface area contributed by atoms with Gasteiger partial charge >= 0.3 is 11.7 Å². The van der Waals surface area contributed by atoms with Crippen LogP contribution in [0, 0.1) is 0 Å². The maximum Gasteiger partial charge on any atom is 0.338 e. The van der Waals surface area contributed by atoms with Crippen LogP contribution in [-0.4, -0.2) is 32.5 Å². The van der Waals surface area contributed by atoms with E-state index < -0.39 is 5.97 Å². The third-order valence-electron chi connectivity index (χ3n) is 3.73. The molecular formula is C17H13ClN4O3S. The normalized spacial score (nSPS) is 11.3. The minimum Gasteiger partial charge on any atom is -0.462 e. The Hall–Kier alpha value is -2.71. The van der Waals surface area contributed by atoms with E-state index >= 15 is 0 Å². The average molecular weight is 389 g/mol. The number of aromatic amines is 3. The van der Waals surface area contributed by atoms with E-state index in [2.05, 4.69) is 19.9 Å². The van der Waals surface area contributed by atoms with Gasteiger partial charge in [-0.2, -0.15) is 0 Å². The number of esters is 1. The molecule has 2 aromatic heterocycles. The maximum atomic E-state index is 12.1. The van der Waals surface area contributed by atoms with Gasteiger partial charge in [0.15, 0.2) is 5.16 Å². The van der Waals surface area contributed by atoms with Crippen LogP contribution in [0.5, 0.6) is 0 Å². The van der Waals surface area contributed by atoms with Crippen molar-refractivity contribution >= 4 is 51.4 Å². The fourth-order valence-corrected chi connectivity index (χ4v) is 3.77. The number of imidazole rings is 2. The van der Waals surface area contributed by atoms with Crippen LogP contribution in [0.2, 0.25) is 5.02 Å². The second kappa shape index (κ2) is 6.54. The smallest absolute Gasteiger partial charge is 0.338 e. The standard InChI is InChI=1S/C17H13ClN4O3S/c1-2-25-15(23)8-5-12-14(22-16(24)19-12)13(6-8)26-17-20-10-4-3-9(18)7-11(10)21-17/h3-7H,2H2,1H3,(H,20,21)(H2,19,22,24). The molecule has 2 heterocycles. The molecule has 0 aliphatic carbocycles. The van der Waals surface area contributed by atoms with Crippen LogP contribution in [0.3, 0.4) is 0 Å². The second-order valence-electron chi connectivity index (χ2n) is 5.50. The molecule has 0 aliphatic rings. The first-order chi connectivity index (χ1) is 12.5. The first-order valence-corrected chi connectivity index (χ1v) is 8.99. The zero-order valence-electron chi connectivity index (χ0n) is 13.6. The summed E-state index contributed by atoms with van der Waals surface area (Å²) in [6.07, 6.45) is 0. The summed E-state index contributed by atoms with van der Waals surface area (Å²) in [5.41, 5.74) is 2.72. The molecule has 0 atom stereocenters. The summed E-state index contributed by atoms with van der Waals surface area (Å²) in [4.78, 5) is 37.6. The molecule has 9 heteroatoms. The summed E-state index contributed by atoms with van der Waals surface area (Å²) in [6.45, 7) is 2.01. The van der Waals surface area contributed by atoms with Crippen LogP contribution in [-0.2, 0) is 4.74 Å². The second-order valence-corrected chi connectivity index (χ2v) is 6.97. The summed E-state index contributed by atoms with van der Waals surface area (Å²) in [5.74, 6) is -0.449. The summed E-state index contributed by atoms with van der Waals surface area (Å²) in [6, 6.07) is 8.64. The molecule has 0 fully saturated rings. The van der Waals surface area contributed by atoms with Crippen molar-refractivity contribution < 1.29 is 9.53 Å². The number of hydrogen-bond donors (Lipinski definition) is 3. The number of benzene rings is 2. The van der Waals surface area contributed by atoms with E-state index in [-0.39, 0.29) is 12.3 Å². The van der Waals surface area contributed by atoms with E-state index in [1.165, 1.54) is 11.8 Å². The lowest BCUT2D eigenvalue weighted by Crippen LogP contribution is -2.04. The highest BCUT2D eigenvalue weighted by molar-refractivity contribution is 7.99. The predicted octanol–water partition coefficient (Wildman–Crippen LogP) is 3.71. The molecule has 0 amide bonds. The number of fused-ring (bicyclic) bond motifs is 2. The van der Waals surface area contributed by atoms with Gasteiger partial charge in [0, 0.05) is 9.92 Å². The Morgan fingerprint density at radius 2 is 2.04 bits per heavy atom. The molecule has 26 heavy (non-hydrogen) atoms. The number of hydrogen-bond acceptors (Lipinski definition) is 5. The molecule has 132 valence electrons. The number of rotatable bonds is 4.